The number of anilines is 2. The van der Waals surface area contributed by atoms with Crippen molar-refractivity contribution in [3.8, 4) is 5.69 Å². The molecule has 2 atom stereocenters. The molecule has 0 radical (unpaired) electrons. The van der Waals surface area contributed by atoms with Crippen molar-refractivity contribution >= 4 is 34.5 Å². The van der Waals surface area contributed by atoms with Crippen LogP contribution in [0.15, 0.2) is 85.1 Å². The third-order valence-corrected chi connectivity index (χ3v) is 9.46. The molecular weight excluding hydrogens is 586 g/mol. The molecular formula is C38H41N7O2. The van der Waals surface area contributed by atoms with E-state index in [1.165, 1.54) is 5.56 Å². The Morgan fingerprint density at radius 3 is 2.40 bits per heavy atom. The lowest BCUT2D eigenvalue weighted by atomic mass is 9.85. The Balaban J connectivity index is 1.00. The third-order valence-electron chi connectivity index (χ3n) is 9.46. The summed E-state index contributed by atoms with van der Waals surface area (Å²) in [5.74, 6) is 1.09. The second kappa shape index (κ2) is 12.3. The van der Waals surface area contributed by atoms with E-state index in [0.717, 1.165) is 60.1 Å². The Labute approximate surface area is 275 Å². The highest BCUT2D eigenvalue weighted by atomic mass is 16.2. The number of urea groups is 1. The standard InChI is InChI=1S/C38H41N7O2/c1-24-10-13-29(14-11-24)45-34(23-33(43-45)38(2,3)4)42-37(47)40-28-9-5-7-25(20-28)19-26-21-30-15-16-31(22-26)44(30)36(46)32-17-12-27-8-6-18-39-35(27)41-32/h5-14,17-18,20,23,26,30-31H,15-16,19,21-22H2,1-4H3,(H2,40,42,47). The van der Waals surface area contributed by atoms with Gasteiger partial charge in [0.1, 0.15) is 11.5 Å². The molecule has 2 aliphatic heterocycles. The number of aromatic nitrogens is 4. The molecule has 2 bridgehead atoms. The molecule has 2 saturated heterocycles. The summed E-state index contributed by atoms with van der Waals surface area (Å²) in [7, 11) is 0. The van der Waals surface area contributed by atoms with Crippen LogP contribution in [0.5, 0.6) is 0 Å². The van der Waals surface area contributed by atoms with E-state index < -0.39 is 0 Å². The quantitative estimate of drug-likeness (QED) is 0.201. The van der Waals surface area contributed by atoms with E-state index >= 15 is 0 Å². The molecule has 9 nitrogen and oxygen atoms in total. The summed E-state index contributed by atoms with van der Waals surface area (Å²) in [6.45, 7) is 8.37. The van der Waals surface area contributed by atoms with Crippen molar-refractivity contribution < 1.29 is 9.59 Å². The van der Waals surface area contributed by atoms with Gasteiger partial charge in [0.25, 0.3) is 5.91 Å². The summed E-state index contributed by atoms with van der Waals surface area (Å²) in [6.07, 6.45) is 6.59. The molecule has 0 saturated carbocycles. The number of hydrogen-bond acceptors (Lipinski definition) is 5. The lowest BCUT2D eigenvalue weighted by Gasteiger charge is -2.39. The zero-order valence-corrected chi connectivity index (χ0v) is 27.4. The zero-order valence-electron chi connectivity index (χ0n) is 27.4. The van der Waals surface area contributed by atoms with E-state index in [4.69, 9.17) is 5.10 Å². The van der Waals surface area contributed by atoms with Gasteiger partial charge in [0.05, 0.1) is 11.4 Å². The maximum Gasteiger partial charge on any atom is 0.324 e. The number of hydrogen-bond donors (Lipinski definition) is 2. The van der Waals surface area contributed by atoms with Crippen LogP contribution in [0.1, 0.15) is 73.8 Å². The van der Waals surface area contributed by atoms with Gasteiger partial charge in [-0.25, -0.2) is 19.4 Å². The van der Waals surface area contributed by atoms with Crippen LogP contribution in [0.2, 0.25) is 0 Å². The van der Waals surface area contributed by atoms with Gasteiger partial charge in [0, 0.05) is 40.8 Å². The SMILES string of the molecule is Cc1ccc(-n2nc(C(C)(C)C)cc2NC(=O)Nc2cccc(CC3CC4CCC(C3)N4C(=O)c3ccc4cccnc4n3)c2)cc1. The minimum absolute atomic E-state index is 0.0130. The van der Waals surface area contributed by atoms with Crippen LogP contribution in [0.4, 0.5) is 16.3 Å². The molecule has 2 fully saturated rings. The Hall–Kier alpha value is -5.05. The smallest absolute Gasteiger partial charge is 0.324 e. The first kappa shape index (κ1) is 30.6. The van der Waals surface area contributed by atoms with Crippen LogP contribution < -0.4 is 10.6 Å². The normalized spacial score (nSPS) is 19.1. The Morgan fingerprint density at radius 2 is 1.66 bits per heavy atom. The number of rotatable bonds is 6. The summed E-state index contributed by atoms with van der Waals surface area (Å²) in [5, 5.41) is 11.8. The zero-order chi connectivity index (χ0) is 32.7. The number of benzene rings is 2. The van der Waals surface area contributed by atoms with Gasteiger partial charge >= 0.3 is 6.03 Å². The molecule has 0 aliphatic carbocycles. The fourth-order valence-corrected chi connectivity index (χ4v) is 7.10. The van der Waals surface area contributed by atoms with Crippen LogP contribution in [0.25, 0.3) is 16.7 Å². The maximum absolute atomic E-state index is 13.6. The van der Waals surface area contributed by atoms with E-state index in [1.54, 1.807) is 10.9 Å². The highest BCUT2D eigenvalue weighted by molar-refractivity contribution is 5.99. The fraction of sp³-hybridized carbons (Fsp3) is 0.342. The largest absolute Gasteiger partial charge is 0.331 e. The Bertz CT molecular complexity index is 1930. The van der Waals surface area contributed by atoms with E-state index in [0.29, 0.717) is 23.1 Å². The molecule has 3 aromatic heterocycles. The van der Waals surface area contributed by atoms with Crippen LogP contribution in [0.3, 0.4) is 0 Å². The van der Waals surface area contributed by atoms with Crippen LogP contribution in [-0.2, 0) is 11.8 Å². The summed E-state index contributed by atoms with van der Waals surface area (Å²) >= 11 is 0. The first-order valence-corrected chi connectivity index (χ1v) is 16.5. The van der Waals surface area contributed by atoms with Crippen molar-refractivity contribution in [3.63, 3.8) is 0 Å². The lowest BCUT2D eigenvalue weighted by Crippen LogP contribution is -2.47. The fourth-order valence-electron chi connectivity index (χ4n) is 7.10. The van der Waals surface area contributed by atoms with Gasteiger partial charge in [-0.2, -0.15) is 5.10 Å². The molecule has 9 heteroatoms. The molecule has 7 rings (SSSR count). The first-order chi connectivity index (χ1) is 22.6. The maximum atomic E-state index is 13.6. The number of nitrogens with zero attached hydrogens (tertiary/aromatic N) is 5. The molecule has 240 valence electrons. The Kier molecular flexibility index (Phi) is 7.99. The van der Waals surface area contributed by atoms with E-state index in [2.05, 4.69) is 58.4 Å². The van der Waals surface area contributed by atoms with Gasteiger partial charge in [-0.3, -0.25) is 10.1 Å². The Morgan fingerprint density at radius 1 is 0.894 bits per heavy atom. The number of amides is 3. The third kappa shape index (κ3) is 6.48. The summed E-state index contributed by atoms with van der Waals surface area (Å²) in [4.78, 5) is 37.9. The van der Waals surface area contributed by atoms with Gasteiger partial charge < -0.3 is 10.2 Å². The summed E-state index contributed by atoms with van der Waals surface area (Å²) in [6, 6.07) is 25.8. The average Bonchev–Trinajstić information content (AvgIpc) is 3.59. The van der Waals surface area contributed by atoms with Crippen LogP contribution >= 0.6 is 0 Å². The summed E-state index contributed by atoms with van der Waals surface area (Å²) in [5.41, 5.74) is 5.75. The summed E-state index contributed by atoms with van der Waals surface area (Å²) < 4.78 is 1.79. The minimum atomic E-state index is -0.321. The predicted octanol–water partition coefficient (Wildman–Crippen LogP) is 7.69. The number of carbonyl (C=O) groups excluding carboxylic acids is 2. The van der Waals surface area contributed by atoms with Crippen molar-refractivity contribution in [1.29, 1.82) is 0 Å². The number of piperidine rings is 1. The van der Waals surface area contributed by atoms with Crippen molar-refractivity contribution in [2.45, 2.75) is 77.3 Å². The van der Waals surface area contributed by atoms with E-state index in [9.17, 15) is 9.59 Å². The van der Waals surface area contributed by atoms with Gasteiger partial charge in [-0.1, -0.05) is 50.6 Å². The molecule has 3 amide bonds. The van der Waals surface area contributed by atoms with Crippen LogP contribution in [-0.4, -0.2) is 48.7 Å². The topological polar surface area (TPSA) is 105 Å². The van der Waals surface area contributed by atoms with Crippen molar-refractivity contribution in [3.05, 3.63) is 108 Å². The molecule has 2 aromatic carbocycles. The van der Waals surface area contributed by atoms with Gasteiger partial charge in [0.2, 0.25) is 0 Å². The second-order valence-electron chi connectivity index (χ2n) is 14.1. The number of fused-ring (bicyclic) bond motifs is 3. The molecule has 0 spiro atoms. The first-order valence-electron chi connectivity index (χ1n) is 16.5. The van der Waals surface area contributed by atoms with Crippen molar-refractivity contribution in [2.75, 3.05) is 10.6 Å². The highest BCUT2D eigenvalue weighted by Crippen LogP contribution is 2.41. The molecule has 5 aromatic rings. The van der Waals surface area contributed by atoms with Gasteiger partial charge in [-0.05, 0) is 99.0 Å². The lowest BCUT2D eigenvalue weighted by molar-refractivity contribution is 0.0519. The molecule has 2 aliphatic rings. The second-order valence-corrected chi connectivity index (χ2v) is 14.1. The number of carbonyl (C=O) groups is 2. The van der Waals surface area contributed by atoms with E-state index in [1.807, 2.05) is 73.7 Å². The molecule has 2 unspecified atom stereocenters. The van der Waals surface area contributed by atoms with Gasteiger partial charge in [-0.15, -0.1) is 0 Å². The average molecular weight is 628 g/mol. The predicted molar refractivity (Wildman–Crippen MR) is 185 cm³/mol. The number of pyridine rings is 2. The molecule has 5 heterocycles. The molecule has 2 N–H and O–H groups in total. The minimum Gasteiger partial charge on any atom is -0.331 e. The van der Waals surface area contributed by atoms with Crippen molar-refractivity contribution in [1.82, 2.24) is 24.6 Å². The van der Waals surface area contributed by atoms with Gasteiger partial charge in [0.15, 0.2) is 5.65 Å². The van der Waals surface area contributed by atoms with Crippen LogP contribution in [0, 0.1) is 12.8 Å². The number of nitrogens with one attached hydrogen (secondary N) is 2. The monoisotopic (exact) mass is 627 g/mol. The number of aryl methyl sites for hydroxylation is 1. The van der Waals surface area contributed by atoms with Crippen molar-refractivity contribution in [2.24, 2.45) is 5.92 Å². The molecule has 47 heavy (non-hydrogen) atoms. The van der Waals surface area contributed by atoms with E-state index in [-0.39, 0.29) is 29.4 Å². The highest BCUT2D eigenvalue weighted by Gasteiger charge is 2.43.